The summed E-state index contributed by atoms with van der Waals surface area (Å²) in [5, 5.41) is 2.80. The Kier molecular flexibility index (Phi) is 7.28. The molecule has 2 rings (SSSR count). The average molecular weight is 379 g/mol. The third-order valence-corrected chi connectivity index (χ3v) is 4.56. The fourth-order valence-corrected chi connectivity index (χ4v) is 3.32. The zero-order chi connectivity index (χ0) is 18.2. The summed E-state index contributed by atoms with van der Waals surface area (Å²) < 4.78 is 5.02. The Hall–Kier alpha value is -2.05. The SMILES string of the molecule is Cc1cc(C)c(C(=O)OCC(=O)NCCSc2ccccc2)c(Cl)n1. The van der Waals surface area contributed by atoms with E-state index in [1.165, 1.54) is 0 Å². The molecule has 7 heteroatoms. The minimum atomic E-state index is -0.649. The lowest BCUT2D eigenvalue weighted by atomic mass is 10.1. The summed E-state index contributed by atoms with van der Waals surface area (Å²) in [6.07, 6.45) is 0. The molecule has 0 spiro atoms. The van der Waals surface area contributed by atoms with Crippen LogP contribution in [0.2, 0.25) is 5.15 Å². The first-order chi connectivity index (χ1) is 12.0. The normalized spacial score (nSPS) is 10.4. The van der Waals surface area contributed by atoms with Crippen LogP contribution in [0.15, 0.2) is 41.3 Å². The Morgan fingerprint density at radius 3 is 2.64 bits per heavy atom. The molecule has 1 aromatic carbocycles. The summed E-state index contributed by atoms with van der Waals surface area (Å²) >= 11 is 7.63. The number of thioether (sulfide) groups is 1. The number of ether oxygens (including phenoxy) is 1. The predicted octanol–water partition coefficient (Wildman–Crippen LogP) is 3.42. The number of rotatable bonds is 7. The van der Waals surface area contributed by atoms with Gasteiger partial charge in [-0.2, -0.15) is 0 Å². The summed E-state index contributed by atoms with van der Waals surface area (Å²) in [7, 11) is 0. The van der Waals surface area contributed by atoms with Gasteiger partial charge in [-0.3, -0.25) is 4.79 Å². The molecule has 25 heavy (non-hydrogen) atoms. The number of carbonyl (C=O) groups excluding carboxylic acids is 2. The maximum absolute atomic E-state index is 12.1. The monoisotopic (exact) mass is 378 g/mol. The maximum Gasteiger partial charge on any atom is 0.342 e. The van der Waals surface area contributed by atoms with Gasteiger partial charge < -0.3 is 10.1 Å². The van der Waals surface area contributed by atoms with Crippen LogP contribution >= 0.6 is 23.4 Å². The molecule has 0 bridgehead atoms. The molecule has 0 saturated carbocycles. The molecule has 0 radical (unpaired) electrons. The van der Waals surface area contributed by atoms with E-state index in [0.29, 0.717) is 17.8 Å². The van der Waals surface area contributed by atoms with Crippen LogP contribution in [0, 0.1) is 13.8 Å². The van der Waals surface area contributed by atoms with Gasteiger partial charge in [-0.1, -0.05) is 29.8 Å². The van der Waals surface area contributed by atoms with Crippen molar-refractivity contribution in [1.29, 1.82) is 0 Å². The first-order valence-corrected chi connectivity index (χ1v) is 9.09. The molecule has 0 fully saturated rings. The fourth-order valence-electron chi connectivity index (χ4n) is 2.17. The molecule has 0 aliphatic carbocycles. The molecular weight excluding hydrogens is 360 g/mol. The Morgan fingerprint density at radius 2 is 1.96 bits per heavy atom. The Bertz CT molecular complexity index is 730. The summed E-state index contributed by atoms with van der Waals surface area (Å²) in [6.45, 7) is 3.67. The van der Waals surface area contributed by atoms with E-state index >= 15 is 0 Å². The van der Waals surface area contributed by atoms with Crippen LogP contribution in [0.25, 0.3) is 0 Å². The molecule has 0 aliphatic heterocycles. The molecule has 1 heterocycles. The predicted molar refractivity (Wildman–Crippen MR) is 99.2 cm³/mol. The van der Waals surface area contributed by atoms with Crippen molar-refractivity contribution in [2.45, 2.75) is 18.7 Å². The van der Waals surface area contributed by atoms with Crippen molar-refractivity contribution in [3.05, 3.63) is 58.4 Å². The van der Waals surface area contributed by atoms with E-state index in [4.69, 9.17) is 16.3 Å². The van der Waals surface area contributed by atoms with Gasteiger partial charge in [0.05, 0.1) is 5.56 Å². The van der Waals surface area contributed by atoms with Gasteiger partial charge in [-0.15, -0.1) is 11.8 Å². The van der Waals surface area contributed by atoms with Crippen LogP contribution in [0.4, 0.5) is 0 Å². The number of pyridine rings is 1. The van der Waals surface area contributed by atoms with Crippen molar-refractivity contribution in [3.63, 3.8) is 0 Å². The van der Waals surface area contributed by atoms with Gasteiger partial charge in [0.2, 0.25) is 0 Å². The summed E-state index contributed by atoms with van der Waals surface area (Å²) in [6, 6.07) is 11.6. The van der Waals surface area contributed by atoms with Crippen LogP contribution < -0.4 is 5.32 Å². The second kappa shape index (κ2) is 9.44. The van der Waals surface area contributed by atoms with Gasteiger partial charge in [-0.25, -0.2) is 9.78 Å². The first kappa shape index (κ1) is 19.3. The quantitative estimate of drug-likeness (QED) is 0.346. The number of hydrogen-bond acceptors (Lipinski definition) is 5. The second-order valence-corrected chi connectivity index (χ2v) is 6.86. The molecule has 2 aromatic rings. The topological polar surface area (TPSA) is 68.3 Å². The van der Waals surface area contributed by atoms with Gasteiger partial charge in [0.25, 0.3) is 5.91 Å². The van der Waals surface area contributed by atoms with E-state index in [1.807, 2.05) is 30.3 Å². The van der Waals surface area contributed by atoms with Crippen molar-refractivity contribution in [1.82, 2.24) is 10.3 Å². The first-order valence-electron chi connectivity index (χ1n) is 7.73. The Morgan fingerprint density at radius 1 is 1.24 bits per heavy atom. The lowest BCUT2D eigenvalue weighted by Crippen LogP contribution is -2.30. The summed E-state index contributed by atoms with van der Waals surface area (Å²) in [5.41, 5.74) is 1.58. The van der Waals surface area contributed by atoms with Crippen LogP contribution in [0.5, 0.6) is 0 Å². The Balaban J connectivity index is 1.74. The van der Waals surface area contributed by atoms with Gasteiger partial charge in [0.1, 0.15) is 5.15 Å². The third-order valence-electron chi connectivity index (χ3n) is 3.28. The molecule has 132 valence electrons. The van der Waals surface area contributed by atoms with Crippen LogP contribution in [0.1, 0.15) is 21.6 Å². The molecule has 1 amide bonds. The molecule has 0 saturated heterocycles. The van der Waals surface area contributed by atoms with Gasteiger partial charge >= 0.3 is 5.97 Å². The van der Waals surface area contributed by atoms with E-state index in [1.54, 1.807) is 31.7 Å². The molecule has 1 aromatic heterocycles. The molecule has 0 atom stereocenters. The van der Waals surface area contributed by atoms with Crippen LogP contribution in [-0.2, 0) is 9.53 Å². The fraction of sp³-hybridized carbons (Fsp3) is 0.278. The number of hydrogen-bond donors (Lipinski definition) is 1. The van der Waals surface area contributed by atoms with E-state index in [2.05, 4.69) is 10.3 Å². The highest BCUT2D eigenvalue weighted by atomic mass is 35.5. The number of carbonyl (C=O) groups is 2. The number of nitrogens with zero attached hydrogens (tertiary/aromatic N) is 1. The highest BCUT2D eigenvalue weighted by Crippen LogP contribution is 2.19. The van der Waals surface area contributed by atoms with Gasteiger partial charge in [-0.05, 0) is 37.6 Å². The number of amides is 1. The van der Waals surface area contributed by atoms with Gasteiger partial charge in [0.15, 0.2) is 6.61 Å². The minimum Gasteiger partial charge on any atom is -0.452 e. The number of aryl methyl sites for hydroxylation is 2. The van der Waals surface area contributed by atoms with Crippen LogP contribution in [0.3, 0.4) is 0 Å². The number of benzene rings is 1. The third kappa shape index (κ3) is 6.07. The number of esters is 1. The molecule has 1 N–H and O–H groups in total. The van der Waals surface area contributed by atoms with Crippen molar-refractivity contribution in [2.24, 2.45) is 0 Å². The highest BCUT2D eigenvalue weighted by molar-refractivity contribution is 7.99. The number of nitrogens with one attached hydrogen (secondary N) is 1. The summed E-state index contributed by atoms with van der Waals surface area (Å²) in [4.78, 5) is 29.0. The van der Waals surface area contributed by atoms with Crippen molar-refractivity contribution >= 4 is 35.2 Å². The van der Waals surface area contributed by atoms with Crippen molar-refractivity contribution in [2.75, 3.05) is 18.9 Å². The lowest BCUT2D eigenvalue weighted by Gasteiger charge is -2.09. The second-order valence-electron chi connectivity index (χ2n) is 5.33. The lowest BCUT2D eigenvalue weighted by molar-refractivity contribution is -0.124. The largest absolute Gasteiger partial charge is 0.452 e. The highest BCUT2D eigenvalue weighted by Gasteiger charge is 2.18. The standard InChI is InChI=1S/C18H19ClN2O3S/c1-12-10-13(2)21-17(19)16(12)18(23)24-11-15(22)20-8-9-25-14-6-4-3-5-7-14/h3-7,10H,8-9,11H2,1-2H3,(H,20,22). The molecular formula is C18H19ClN2O3S. The van der Waals surface area contributed by atoms with Gasteiger partial charge in [0, 0.05) is 22.9 Å². The Labute approximate surface area is 156 Å². The molecule has 5 nitrogen and oxygen atoms in total. The van der Waals surface area contributed by atoms with E-state index in [0.717, 1.165) is 10.6 Å². The van der Waals surface area contributed by atoms with Crippen LogP contribution in [-0.4, -0.2) is 35.8 Å². The van der Waals surface area contributed by atoms with Crippen molar-refractivity contribution < 1.29 is 14.3 Å². The van der Waals surface area contributed by atoms with E-state index < -0.39 is 5.97 Å². The molecule has 0 unspecified atom stereocenters. The average Bonchev–Trinajstić information content (AvgIpc) is 2.57. The summed E-state index contributed by atoms with van der Waals surface area (Å²) in [5.74, 6) is -0.268. The minimum absolute atomic E-state index is 0.0853. The zero-order valence-corrected chi connectivity index (χ0v) is 15.6. The molecule has 0 aliphatic rings. The van der Waals surface area contributed by atoms with Crippen molar-refractivity contribution in [3.8, 4) is 0 Å². The van der Waals surface area contributed by atoms with E-state index in [-0.39, 0.29) is 23.2 Å². The number of halogens is 1. The van der Waals surface area contributed by atoms with E-state index in [9.17, 15) is 9.59 Å². The smallest absolute Gasteiger partial charge is 0.342 e. The zero-order valence-electron chi connectivity index (χ0n) is 14.0. The maximum atomic E-state index is 12.1. The number of aromatic nitrogens is 1.